The number of unbranched alkanes of at least 4 members (excludes halogenated alkanes) is 1. The van der Waals surface area contributed by atoms with Crippen LogP contribution >= 0.6 is 0 Å². The molecule has 1 heterocycles. The highest BCUT2D eigenvalue weighted by molar-refractivity contribution is 5.96. The van der Waals surface area contributed by atoms with Crippen LogP contribution in [0.3, 0.4) is 0 Å². The second-order valence-corrected chi connectivity index (χ2v) is 12.3. The molecule has 0 bridgehead atoms. The van der Waals surface area contributed by atoms with Gasteiger partial charge in [0, 0.05) is 6.42 Å². The first-order valence-corrected chi connectivity index (χ1v) is 16.2. The number of nitrogens with one attached hydrogen (secondary N) is 5. The maximum Gasteiger partial charge on any atom is 0.329 e. The van der Waals surface area contributed by atoms with Crippen LogP contribution in [0.5, 0.6) is 0 Å². The molecular formula is C33H51N5O8. The smallest absolute Gasteiger partial charge is 0.329 e. The summed E-state index contributed by atoms with van der Waals surface area (Å²) in [5, 5.41) is 23.6. The van der Waals surface area contributed by atoms with Crippen LogP contribution in [0.2, 0.25) is 0 Å². The summed E-state index contributed by atoms with van der Waals surface area (Å²) in [7, 11) is 0. The Balaban J connectivity index is 2.52. The Morgan fingerprint density at radius 1 is 0.804 bits per heavy atom. The van der Waals surface area contributed by atoms with Crippen LogP contribution in [0.1, 0.15) is 79.2 Å². The lowest BCUT2D eigenvalue weighted by atomic mass is 9.98. The van der Waals surface area contributed by atoms with E-state index in [1.165, 1.54) is 6.92 Å². The van der Waals surface area contributed by atoms with Crippen molar-refractivity contribution in [3.63, 3.8) is 0 Å². The largest absolute Gasteiger partial charge is 0.460 e. The van der Waals surface area contributed by atoms with E-state index in [9.17, 15) is 33.9 Å². The minimum Gasteiger partial charge on any atom is -0.460 e. The van der Waals surface area contributed by atoms with Gasteiger partial charge in [-0.1, -0.05) is 84.2 Å². The molecule has 0 aliphatic carbocycles. The number of esters is 1. The summed E-state index contributed by atoms with van der Waals surface area (Å²) < 4.78 is 5.74. The number of ether oxygens (including phenoxy) is 1. The first-order valence-electron chi connectivity index (χ1n) is 16.2. The number of aliphatic hydroxyl groups excluding tert-OH is 1. The number of amides is 5. The van der Waals surface area contributed by atoms with E-state index in [0.717, 1.165) is 6.42 Å². The van der Waals surface area contributed by atoms with Gasteiger partial charge in [-0.2, -0.15) is 0 Å². The average Bonchev–Trinajstić information content (AvgIpc) is 3.01. The molecule has 1 fully saturated rings. The lowest BCUT2D eigenvalue weighted by Crippen LogP contribution is -2.61. The molecule has 0 unspecified atom stereocenters. The normalized spacial score (nSPS) is 25.8. The quantitative estimate of drug-likeness (QED) is 0.213. The molecule has 1 aliphatic heterocycles. The van der Waals surface area contributed by atoms with Crippen molar-refractivity contribution in [2.75, 3.05) is 6.54 Å². The van der Waals surface area contributed by atoms with Crippen molar-refractivity contribution in [3.05, 3.63) is 35.9 Å². The maximum absolute atomic E-state index is 13.7. The number of rotatable bonds is 9. The van der Waals surface area contributed by atoms with Gasteiger partial charge in [-0.15, -0.1) is 0 Å². The molecular weight excluding hydrogens is 594 g/mol. The van der Waals surface area contributed by atoms with Gasteiger partial charge in [0.15, 0.2) is 0 Å². The number of aliphatic hydroxyl groups is 1. The minimum atomic E-state index is -1.48. The van der Waals surface area contributed by atoms with E-state index in [1.807, 2.05) is 13.8 Å². The number of cyclic esters (lactones) is 1. The van der Waals surface area contributed by atoms with Crippen molar-refractivity contribution in [2.45, 2.75) is 116 Å². The van der Waals surface area contributed by atoms with Gasteiger partial charge in [0.2, 0.25) is 29.5 Å². The van der Waals surface area contributed by atoms with Crippen LogP contribution in [0.25, 0.3) is 0 Å². The van der Waals surface area contributed by atoms with Gasteiger partial charge in [0.1, 0.15) is 30.3 Å². The molecule has 2 rings (SSSR count). The zero-order valence-electron chi connectivity index (χ0n) is 27.8. The number of carbonyl (C=O) groups excluding carboxylic acids is 6. The predicted molar refractivity (Wildman–Crippen MR) is 171 cm³/mol. The number of benzene rings is 1. The fourth-order valence-corrected chi connectivity index (χ4v) is 4.98. The van der Waals surface area contributed by atoms with Gasteiger partial charge < -0.3 is 36.4 Å². The zero-order chi connectivity index (χ0) is 34.4. The van der Waals surface area contributed by atoms with Crippen molar-refractivity contribution in [1.82, 2.24) is 26.6 Å². The molecule has 256 valence electrons. The third-order valence-electron chi connectivity index (χ3n) is 8.03. The van der Waals surface area contributed by atoms with Gasteiger partial charge >= 0.3 is 5.97 Å². The highest BCUT2D eigenvalue weighted by Gasteiger charge is 2.36. The standard InChI is InChI=1S/C33H51N5O8/c1-7-9-15-23-17-25(40)34-18-26(41)36-27(19(3)4)31(43)35-24(16-22-13-11-10-12-14-22)30(42)38-29(21(6)39)32(44)37-28(20(5)8-2)33(45)46-23/h10-14,19-21,23-24,27-29,39H,7-9,15-18H2,1-6H3,(H,34,40)(H,35,43)(H,36,41)(H,37,44)(H,38,42)/t20-,21+,23+,24+,27-,28-,29-/m0/s1. The highest BCUT2D eigenvalue weighted by Crippen LogP contribution is 2.16. The molecule has 1 saturated heterocycles. The molecule has 13 heteroatoms. The van der Waals surface area contributed by atoms with E-state index < -0.39 is 84.3 Å². The van der Waals surface area contributed by atoms with Crippen LogP contribution in [-0.4, -0.2) is 83.5 Å². The molecule has 1 aliphatic rings. The summed E-state index contributed by atoms with van der Waals surface area (Å²) >= 11 is 0. The fraction of sp³-hybridized carbons (Fsp3) is 0.636. The third-order valence-corrected chi connectivity index (χ3v) is 8.03. The lowest BCUT2D eigenvalue weighted by molar-refractivity contribution is -0.156. The first kappa shape index (κ1) is 38.2. The van der Waals surface area contributed by atoms with E-state index in [0.29, 0.717) is 24.8 Å². The molecule has 0 spiro atoms. The highest BCUT2D eigenvalue weighted by atomic mass is 16.5. The molecule has 0 saturated carbocycles. The van der Waals surface area contributed by atoms with Crippen molar-refractivity contribution in [2.24, 2.45) is 11.8 Å². The topological polar surface area (TPSA) is 192 Å². The second kappa shape index (κ2) is 18.8. The second-order valence-electron chi connectivity index (χ2n) is 12.3. The fourth-order valence-electron chi connectivity index (χ4n) is 4.98. The molecule has 1 aromatic carbocycles. The van der Waals surface area contributed by atoms with Crippen molar-refractivity contribution in [3.8, 4) is 0 Å². The Bertz CT molecular complexity index is 1190. The molecule has 46 heavy (non-hydrogen) atoms. The molecule has 0 radical (unpaired) electrons. The molecule has 0 aromatic heterocycles. The van der Waals surface area contributed by atoms with Crippen LogP contribution in [-0.2, 0) is 39.9 Å². The summed E-state index contributed by atoms with van der Waals surface area (Å²) in [6.45, 7) is 9.89. The van der Waals surface area contributed by atoms with Crippen LogP contribution in [0.15, 0.2) is 30.3 Å². The van der Waals surface area contributed by atoms with E-state index >= 15 is 0 Å². The molecule has 1 aromatic rings. The van der Waals surface area contributed by atoms with E-state index in [2.05, 4.69) is 26.6 Å². The van der Waals surface area contributed by atoms with E-state index in [4.69, 9.17) is 4.74 Å². The van der Waals surface area contributed by atoms with Gasteiger partial charge in [-0.25, -0.2) is 4.79 Å². The van der Waals surface area contributed by atoms with Gasteiger partial charge in [-0.05, 0) is 30.7 Å². The zero-order valence-corrected chi connectivity index (χ0v) is 27.8. The summed E-state index contributed by atoms with van der Waals surface area (Å²) in [5.41, 5.74) is 0.712. The monoisotopic (exact) mass is 645 g/mol. The van der Waals surface area contributed by atoms with E-state index in [-0.39, 0.29) is 18.8 Å². The van der Waals surface area contributed by atoms with Crippen molar-refractivity contribution < 1.29 is 38.6 Å². The average molecular weight is 646 g/mol. The summed E-state index contributed by atoms with van der Waals surface area (Å²) in [6.07, 6.45) is -0.0354. The molecule has 13 nitrogen and oxygen atoms in total. The Morgan fingerprint density at radius 3 is 2.02 bits per heavy atom. The Labute approximate surface area is 271 Å². The van der Waals surface area contributed by atoms with Crippen LogP contribution < -0.4 is 26.6 Å². The SMILES string of the molecule is CCCC[C@@H]1CC(=O)NCC(=O)N[C@@H](C(C)C)C(=O)N[C@H](Cc2ccccc2)C(=O)N[C@@H]([C@@H](C)O)C(=O)N[C@@H]([C@@H](C)CC)C(=O)O1. The maximum atomic E-state index is 13.7. The number of hydrogen-bond acceptors (Lipinski definition) is 8. The molecule has 7 atom stereocenters. The minimum absolute atomic E-state index is 0.0440. The van der Waals surface area contributed by atoms with E-state index in [1.54, 1.807) is 51.1 Å². The Hall–Kier alpha value is -4.00. The third kappa shape index (κ3) is 12.1. The first-order chi connectivity index (χ1) is 21.8. The van der Waals surface area contributed by atoms with Crippen LogP contribution in [0, 0.1) is 11.8 Å². The summed E-state index contributed by atoms with van der Waals surface area (Å²) in [5.74, 6) is -4.88. The summed E-state index contributed by atoms with van der Waals surface area (Å²) in [6, 6.07) is 4.03. The molecule has 5 amide bonds. The number of carbonyl (C=O) groups is 6. The Morgan fingerprint density at radius 2 is 1.43 bits per heavy atom. The van der Waals surface area contributed by atoms with Crippen LogP contribution in [0.4, 0.5) is 0 Å². The molecule has 6 N–H and O–H groups in total. The van der Waals surface area contributed by atoms with Crippen molar-refractivity contribution >= 4 is 35.5 Å². The van der Waals surface area contributed by atoms with Gasteiger partial charge in [0.05, 0.1) is 19.1 Å². The summed E-state index contributed by atoms with van der Waals surface area (Å²) in [4.78, 5) is 79.8. The number of hydrogen-bond donors (Lipinski definition) is 6. The van der Waals surface area contributed by atoms with Gasteiger partial charge in [0.25, 0.3) is 0 Å². The van der Waals surface area contributed by atoms with Gasteiger partial charge in [-0.3, -0.25) is 24.0 Å². The predicted octanol–water partition coefficient (Wildman–Crippen LogP) is 0.873. The lowest BCUT2D eigenvalue weighted by Gasteiger charge is -2.29. The Kier molecular flexibility index (Phi) is 15.6. The van der Waals surface area contributed by atoms with Crippen molar-refractivity contribution in [1.29, 1.82) is 0 Å².